The maximum atomic E-state index is 9.77. The van der Waals surface area contributed by atoms with Crippen LogP contribution in [0.3, 0.4) is 0 Å². The average molecular weight is 312 g/mol. The van der Waals surface area contributed by atoms with Gasteiger partial charge in [-0.25, -0.2) is 0 Å². The molecule has 2 rings (SSSR count). The first-order valence-electron chi connectivity index (χ1n) is 6.49. The molecule has 0 aromatic heterocycles. The maximum absolute atomic E-state index is 9.77. The predicted octanol–water partition coefficient (Wildman–Crippen LogP) is -4.76. The first-order chi connectivity index (χ1) is 9.90. The fourth-order valence-corrected chi connectivity index (χ4v) is 2.29. The van der Waals surface area contributed by atoms with Gasteiger partial charge in [0.2, 0.25) is 0 Å². The molecule has 9 atom stereocenters. The monoisotopic (exact) mass is 312 g/mol. The fraction of sp³-hybridized carbons (Fsp3) is 1.00. The molecule has 124 valence electrons. The van der Waals surface area contributed by atoms with Crippen molar-refractivity contribution in [3.8, 4) is 0 Å². The van der Waals surface area contributed by atoms with Crippen molar-refractivity contribution in [3.63, 3.8) is 0 Å². The summed E-state index contributed by atoms with van der Waals surface area (Å²) in [6.45, 7) is -1.17. The van der Waals surface area contributed by atoms with E-state index in [1.807, 2.05) is 0 Å². The Morgan fingerprint density at radius 1 is 0.619 bits per heavy atom. The highest BCUT2D eigenvalue weighted by molar-refractivity contribution is 4.91. The zero-order valence-electron chi connectivity index (χ0n) is 11.0. The molecule has 10 nitrogen and oxygen atoms in total. The Bertz CT molecular complexity index is 339. The maximum Gasteiger partial charge on any atom is 0.189 e. The van der Waals surface area contributed by atoms with E-state index in [4.69, 9.17) is 24.4 Å². The van der Waals surface area contributed by atoms with Gasteiger partial charge in [-0.15, -0.1) is 0 Å². The van der Waals surface area contributed by atoms with Crippen molar-refractivity contribution in [2.45, 2.75) is 55.3 Å². The summed E-state index contributed by atoms with van der Waals surface area (Å²) in [6, 6.07) is 0. The second kappa shape index (κ2) is 6.79. The number of hydrogen-bond donors (Lipinski definition) is 7. The normalized spacial score (nSPS) is 51.3. The largest absolute Gasteiger partial charge is 0.394 e. The summed E-state index contributed by atoms with van der Waals surface area (Å²) in [4.78, 5) is 0. The molecule has 0 aromatic carbocycles. The molecule has 0 spiro atoms. The molecule has 0 bridgehead atoms. The van der Waals surface area contributed by atoms with E-state index in [0.717, 1.165) is 0 Å². The van der Waals surface area contributed by atoms with E-state index in [1.165, 1.54) is 0 Å². The summed E-state index contributed by atoms with van der Waals surface area (Å²) in [6.07, 6.45) is -12.8. The summed E-state index contributed by atoms with van der Waals surface area (Å²) in [5, 5.41) is 66.2. The Morgan fingerprint density at radius 3 is 1.43 bits per heavy atom. The fourth-order valence-electron chi connectivity index (χ4n) is 2.29. The van der Waals surface area contributed by atoms with Crippen LogP contribution in [0.25, 0.3) is 0 Å². The van der Waals surface area contributed by atoms with Gasteiger partial charge >= 0.3 is 0 Å². The molecule has 0 amide bonds. The molecule has 21 heavy (non-hydrogen) atoms. The van der Waals surface area contributed by atoms with Crippen LogP contribution < -0.4 is 0 Å². The summed E-state index contributed by atoms with van der Waals surface area (Å²) in [7, 11) is 0. The molecular formula is C11H20O10. The van der Waals surface area contributed by atoms with Crippen molar-refractivity contribution < 1.29 is 50.0 Å². The Labute approximate surface area is 119 Å². The quantitative estimate of drug-likeness (QED) is 0.267. The van der Waals surface area contributed by atoms with Gasteiger partial charge in [-0.2, -0.15) is 0 Å². The number of aliphatic hydroxyl groups is 7. The zero-order valence-corrected chi connectivity index (χ0v) is 11.0. The highest BCUT2D eigenvalue weighted by Crippen LogP contribution is 2.28. The van der Waals surface area contributed by atoms with Gasteiger partial charge in [-0.1, -0.05) is 0 Å². The first kappa shape index (κ1) is 17.0. The van der Waals surface area contributed by atoms with Crippen molar-refractivity contribution >= 4 is 0 Å². The molecule has 0 saturated carbocycles. The molecule has 2 heterocycles. The zero-order chi connectivity index (χ0) is 15.7. The van der Waals surface area contributed by atoms with Gasteiger partial charge in [0, 0.05) is 0 Å². The van der Waals surface area contributed by atoms with Crippen LogP contribution in [0.15, 0.2) is 0 Å². The van der Waals surface area contributed by atoms with Gasteiger partial charge in [0.05, 0.1) is 13.2 Å². The second-order valence-corrected chi connectivity index (χ2v) is 5.04. The van der Waals surface area contributed by atoms with Gasteiger partial charge in [0.25, 0.3) is 0 Å². The molecule has 2 aliphatic rings. The van der Waals surface area contributed by atoms with Crippen molar-refractivity contribution in [2.75, 3.05) is 13.2 Å². The van der Waals surface area contributed by atoms with Gasteiger partial charge in [0.1, 0.15) is 42.7 Å². The van der Waals surface area contributed by atoms with Crippen molar-refractivity contribution in [2.24, 2.45) is 0 Å². The molecule has 0 aromatic rings. The van der Waals surface area contributed by atoms with E-state index in [1.54, 1.807) is 0 Å². The van der Waals surface area contributed by atoms with Gasteiger partial charge < -0.3 is 50.0 Å². The van der Waals surface area contributed by atoms with Crippen LogP contribution in [-0.4, -0.2) is 104 Å². The summed E-state index contributed by atoms with van der Waals surface area (Å²) in [5.41, 5.74) is 0. The SMILES string of the molecule is OC[C@@H]1O[C@@H](OC2O[C@H](CO)[C@@H](O)[C@H](O)[C@H]2O)[C@H](O)[C@H]1O. The summed E-state index contributed by atoms with van der Waals surface area (Å²) >= 11 is 0. The molecule has 2 fully saturated rings. The third kappa shape index (κ3) is 3.19. The molecule has 0 radical (unpaired) electrons. The number of ether oxygens (including phenoxy) is 3. The van der Waals surface area contributed by atoms with Crippen molar-refractivity contribution in [1.29, 1.82) is 0 Å². The molecule has 10 heteroatoms. The van der Waals surface area contributed by atoms with Crippen LogP contribution in [0.4, 0.5) is 0 Å². The molecule has 2 aliphatic heterocycles. The highest BCUT2D eigenvalue weighted by Gasteiger charge is 2.49. The van der Waals surface area contributed by atoms with Gasteiger partial charge in [0.15, 0.2) is 12.6 Å². The molecule has 0 aliphatic carbocycles. The second-order valence-electron chi connectivity index (χ2n) is 5.04. The number of hydrogen-bond acceptors (Lipinski definition) is 10. The third-order valence-corrected chi connectivity index (χ3v) is 3.62. The van der Waals surface area contributed by atoms with Crippen LogP contribution in [0.5, 0.6) is 0 Å². The third-order valence-electron chi connectivity index (χ3n) is 3.62. The van der Waals surface area contributed by atoms with E-state index in [9.17, 15) is 25.5 Å². The first-order valence-corrected chi connectivity index (χ1v) is 6.49. The average Bonchev–Trinajstić information content (AvgIpc) is 2.75. The molecule has 2 saturated heterocycles. The lowest BCUT2D eigenvalue weighted by atomic mass is 9.99. The van der Waals surface area contributed by atoms with E-state index in [-0.39, 0.29) is 0 Å². The van der Waals surface area contributed by atoms with E-state index >= 15 is 0 Å². The van der Waals surface area contributed by atoms with E-state index < -0.39 is 68.5 Å². The highest BCUT2D eigenvalue weighted by atomic mass is 16.8. The predicted molar refractivity (Wildman–Crippen MR) is 62.6 cm³/mol. The number of rotatable bonds is 4. The van der Waals surface area contributed by atoms with Crippen LogP contribution in [0, 0.1) is 0 Å². The van der Waals surface area contributed by atoms with Crippen LogP contribution in [-0.2, 0) is 14.2 Å². The Hall–Kier alpha value is -0.400. The molecule has 1 unspecified atom stereocenters. The minimum Gasteiger partial charge on any atom is -0.394 e. The van der Waals surface area contributed by atoms with E-state index in [0.29, 0.717) is 0 Å². The van der Waals surface area contributed by atoms with Crippen molar-refractivity contribution in [3.05, 3.63) is 0 Å². The lowest BCUT2D eigenvalue weighted by Crippen LogP contribution is -2.60. The smallest absolute Gasteiger partial charge is 0.189 e. The van der Waals surface area contributed by atoms with E-state index in [2.05, 4.69) is 0 Å². The minimum absolute atomic E-state index is 0.549. The Morgan fingerprint density at radius 2 is 1.00 bits per heavy atom. The lowest BCUT2D eigenvalue weighted by molar-refractivity contribution is -0.341. The summed E-state index contributed by atoms with van der Waals surface area (Å²) < 4.78 is 15.3. The minimum atomic E-state index is -1.65. The topological polar surface area (TPSA) is 169 Å². The van der Waals surface area contributed by atoms with Crippen LogP contribution in [0.1, 0.15) is 0 Å². The summed E-state index contributed by atoms with van der Waals surface area (Å²) in [5.74, 6) is 0. The van der Waals surface area contributed by atoms with Gasteiger partial charge in [-0.3, -0.25) is 0 Å². The Balaban J connectivity index is 2.01. The number of aliphatic hydroxyl groups excluding tert-OH is 7. The Kier molecular flexibility index (Phi) is 5.48. The van der Waals surface area contributed by atoms with Crippen LogP contribution >= 0.6 is 0 Å². The van der Waals surface area contributed by atoms with Gasteiger partial charge in [-0.05, 0) is 0 Å². The molecule has 7 N–H and O–H groups in total. The molecular weight excluding hydrogens is 292 g/mol. The lowest BCUT2D eigenvalue weighted by Gasteiger charge is -2.40. The standard InChI is InChI=1S/C11H20O10/c12-1-3-5(14)7(16)9(18)11(19-3)21-10-8(17)6(15)4(2-13)20-10/h3-18H,1-2H2/t3-,4+,5-,6+,7+,8-,9-,10+,11?/m1/s1. The van der Waals surface area contributed by atoms with Crippen molar-refractivity contribution in [1.82, 2.24) is 0 Å². The van der Waals surface area contributed by atoms with Crippen LogP contribution in [0.2, 0.25) is 0 Å².